The van der Waals surface area contributed by atoms with E-state index in [-0.39, 0.29) is 17.3 Å². The maximum atomic E-state index is 11.8. The van der Waals surface area contributed by atoms with Crippen LogP contribution < -0.4 is 10.9 Å². The highest BCUT2D eigenvalue weighted by Crippen LogP contribution is 2.05. The summed E-state index contributed by atoms with van der Waals surface area (Å²) in [4.78, 5) is 30.2. The first-order valence-electron chi connectivity index (χ1n) is 5.99. The molecule has 0 unspecified atom stereocenters. The van der Waals surface area contributed by atoms with Gasteiger partial charge in [-0.3, -0.25) is 9.59 Å². The Hall–Kier alpha value is -2.17. The van der Waals surface area contributed by atoms with E-state index in [0.717, 1.165) is 12.8 Å². The zero-order valence-corrected chi connectivity index (χ0v) is 10.2. The van der Waals surface area contributed by atoms with Crippen LogP contribution in [0.5, 0.6) is 0 Å². The predicted octanol–water partition coefficient (Wildman–Crippen LogP) is 1.45. The van der Waals surface area contributed by atoms with Gasteiger partial charge in [-0.1, -0.05) is 25.5 Å². The number of hydrogen-bond acceptors (Lipinski definition) is 3. The molecule has 1 heterocycles. The van der Waals surface area contributed by atoms with Crippen molar-refractivity contribution in [1.82, 2.24) is 15.3 Å². The van der Waals surface area contributed by atoms with E-state index in [9.17, 15) is 9.59 Å². The molecule has 2 N–H and O–H groups in total. The molecule has 1 amide bonds. The van der Waals surface area contributed by atoms with Gasteiger partial charge in [-0.2, -0.15) is 0 Å². The Morgan fingerprint density at radius 1 is 1.39 bits per heavy atom. The Balaban J connectivity index is 2.29. The summed E-state index contributed by atoms with van der Waals surface area (Å²) in [6, 6.07) is 6.95. The molecule has 0 aliphatic heterocycles. The first kappa shape index (κ1) is 12.3. The van der Waals surface area contributed by atoms with E-state index in [1.165, 1.54) is 0 Å². The van der Waals surface area contributed by atoms with Crippen LogP contribution in [0.25, 0.3) is 10.9 Å². The number of nitrogens with zero attached hydrogens (tertiary/aromatic N) is 1. The van der Waals surface area contributed by atoms with E-state index >= 15 is 0 Å². The molecule has 94 valence electrons. The summed E-state index contributed by atoms with van der Waals surface area (Å²) < 4.78 is 0. The molecule has 0 radical (unpaired) electrons. The molecule has 0 saturated heterocycles. The minimum atomic E-state index is -0.341. The van der Waals surface area contributed by atoms with Crippen molar-refractivity contribution in [2.75, 3.05) is 6.54 Å². The lowest BCUT2D eigenvalue weighted by Gasteiger charge is -2.04. The molecular weight excluding hydrogens is 230 g/mol. The van der Waals surface area contributed by atoms with Gasteiger partial charge in [0.2, 0.25) is 0 Å². The summed E-state index contributed by atoms with van der Waals surface area (Å²) in [6.07, 6.45) is 1.91. The Bertz CT molecular complexity index is 619. The molecule has 0 aliphatic carbocycles. The quantitative estimate of drug-likeness (QED) is 0.801. The number of carbonyl (C=O) groups excluding carboxylic acids is 1. The lowest BCUT2D eigenvalue weighted by atomic mass is 10.2. The monoisotopic (exact) mass is 245 g/mol. The zero-order chi connectivity index (χ0) is 13.0. The molecule has 0 atom stereocenters. The van der Waals surface area contributed by atoms with Gasteiger partial charge in [0.05, 0.1) is 10.9 Å². The van der Waals surface area contributed by atoms with Gasteiger partial charge in [0.15, 0.2) is 5.82 Å². The minimum absolute atomic E-state index is 0.0646. The molecule has 2 aromatic rings. The number of rotatable bonds is 4. The van der Waals surface area contributed by atoms with Crippen LogP contribution in [-0.2, 0) is 0 Å². The van der Waals surface area contributed by atoms with E-state index in [2.05, 4.69) is 15.3 Å². The lowest BCUT2D eigenvalue weighted by molar-refractivity contribution is 0.0943. The Labute approximate surface area is 104 Å². The number of amides is 1. The summed E-state index contributed by atoms with van der Waals surface area (Å²) in [5, 5.41) is 3.21. The fourth-order valence-corrected chi connectivity index (χ4v) is 1.66. The van der Waals surface area contributed by atoms with Crippen LogP contribution in [0.2, 0.25) is 0 Å². The third-order valence-corrected chi connectivity index (χ3v) is 2.64. The Morgan fingerprint density at radius 3 is 2.94 bits per heavy atom. The van der Waals surface area contributed by atoms with Crippen LogP contribution in [0.4, 0.5) is 0 Å². The standard InChI is InChI=1S/C13H15N3O2/c1-2-3-8-14-13(18)11-15-10-7-5-4-6-9(10)12(17)16-11/h4-7H,2-3,8H2,1H3,(H,14,18)(H,15,16,17). The van der Waals surface area contributed by atoms with Crippen molar-refractivity contribution in [2.45, 2.75) is 19.8 Å². The summed E-state index contributed by atoms with van der Waals surface area (Å²) >= 11 is 0. The largest absolute Gasteiger partial charge is 0.349 e. The number of carbonyl (C=O) groups is 1. The number of unbranched alkanes of at least 4 members (excludes halogenated alkanes) is 1. The second-order valence-corrected chi connectivity index (χ2v) is 4.04. The third kappa shape index (κ3) is 2.56. The fraction of sp³-hybridized carbons (Fsp3) is 0.308. The molecule has 0 spiro atoms. The minimum Gasteiger partial charge on any atom is -0.349 e. The molecule has 1 aromatic carbocycles. The molecule has 0 bridgehead atoms. The SMILES string of the molecule is CCCCNC(=O)c1nc2ccccc2c(=O)[nH]1. The summed E-state index contributed by atoms with van der Waals surface area (Å²) in [5.74, 6) is -0.277. The van der Waals surface area contributed by atoms with E-state index in [1.54, 1.807) is 24.3 Å². The first-order valence-corrected chi connectivity index (χ1v) is 5.99. The summed E-state index contributed by atoms with van der Waals surface area (Å²) in [7, 11) is 0. The van der Waals surface area contributed by atoms with Crippen molar-refractivity contribution in [3.05, 3.63) is 40.4 Å². The Kier molecular flexibility index (Phi) is 3.72. The van der Waals surface area contributed by atoms with E-state index < -0.39 is 0 Å². The highest BCUT2D eigenvalue weighted by molar-refractivity contribution is 5.92. The van der Waals surface area contributed by atoms with Crippen molar-refractivity contribution in [2.24, 2.45) is 0 Å². The maximum Gasteiger partial charge on any atom is 0.287 e. The van der Waals surface area contributed by atoms with Gasteiger partial charge in [0.25, 0.3) is 11.5 Å². The molecule has 0 aliphatic rings. The van der Waals surface area contributed by atoms with Crippen LogP contribution in [-0.4, -0.2) is 22.4 Å². The number of nitrogens with one attached hydrogen (secondary N) is 2. The van der Waals surface area contributed by atoms with Crippen molar-refractivity contribution < 1.29 is 4.79 Å². The highest BCUT2D eigenvalue weighted by atomic mass is 16.2. The average molecular weight is 245 g/mol. The lowest BCUT2D eigenvalue weighted by Crippen LogP contribution is -2.28. The third-order valence-electron chi connectivity index (χ3n) is 2.64. The number of aromatic amines is 1. The van der Waals surface area contributed by atoms with Gasteiger partial charge in [-0.15, -0.1) is 0 Å². The molecule has 5 heteroatoms. The average Bonchev–Trinajstić information content (AvgIpc) is 2.39. The van der Waals surface area contributed by atoms with Crippen LogP contribution in [0, 0.1) is 0 Å². The van der Waals surface area contributed by atoms with Crippen molar-refractivity contribution in [3.8, 4) is 0 Å². The molecule has 2 rings (SSSR count). The second kappa shape index (κ2) is 5.44. The van der Waals surface area contributed by atoms with Gasteiger partial charge >= 0.3 is 0 Å². The van der Waals surface area contributed by atoms with Crippen LogP contribution >= 0.6 is 0 Å². The maximum absolute atomic E-state index is 11.8. The van der Waals surface area contributed by atoms with Gasteiger partial charge in [0.1, 0.15) is 0 Å². The smallest absolute Gasteiger partial charge is 0.287 e. The van der Waals surface area contributed by atoms with Gasteiger partial charge in [-0.25, -0.2) is 4.98 Å². The number of H-pyrrole nitrogens is 1. The molecule has 1 aromatic heterocycles. The molecule has 0 saturated carbocycles. The second-order valence-electron chi connectivity index (χ2n) is 4.04. The predicted molar refractivity (Wildman–Crippen MR) is 69.6 cm³/mol. The summed E-state index contributed by atoms with van der Waals surface area (Å²) in [5.41, 5.74) is 0.239. The number of fused-ring (bicyclic) bond motifs is 1. The van der Waals surface area contributed by atoms with E-state index in [4.69, 9.17) is 0 Å². The normalized spacial score (nSPS) is 10.5. The number of benzene rings is 1. The van der Waals surface area contributed by atoms with Crippen molar-refractivity contribution in [1.29, 1.82) is 0 Å². The Morgan fingerprint density at radius 2 is 2.17 bits per heavy atom. The zero-order valence-electron chi connectivity index (χ0n) is 10.2. The van der Waals surface area contributed by atoms with Crippen molar-refractivity contribution in [3.63, 3.8) is 0 Å². The van der Waals surface area contributed by atoms with Gasteiger partial charge in [-0.05, 0) is 18.6 Å². The first-order chi connectivity index (χ1) is 8.72. The highest BCUT2D eigenvalue weighted by Gasteiger charge is 2.10. The number of hydrogen-bond donors (Lipinski definition) is 2. The van der Waals surface area contributed by atoms with Crippen molar-refractivity contribution >= 4 is 16.8 Å². The molecule has 0 fully saturated rings. The van der Waals surface area contributed by atoms with Crippen LogP contribution in [0.1, 0.15) is 30.4 Å². The van der Waals surface area contributed by atoms with E-state index in [0.29, 0.717) is 17.4 Å². The molecule has 5 nitrogen and oxygen atoms in total. The van der Waals surface area contributed by atoms with Crippen LogP contribution in [0.15, 0.2) is 29.1 Å². The topological polar surface area (TPSA) is 74.8 Å². The van der Waals surface area contributed by atoms with Crippen LogP contribution in [0.3, 0.4) is 0 Å². The number of aromatic nitrogens is 2. The fourth-order valence-electron chi connectivity index (χ4n) is 1.66. The molecule has 18 heavy (non-hydrogen) atoms. The van der Waals surface area contributed by atoms with E-state index in [1.807, 2.05) is 6.92 Å². The van der Waals surface area contributed by atoms with Gasteiger partial charge in [0, 0.05) is 6.54 Å². The van der Waals surface area contributed by atoms with Gasteiger partial charge < -0.3 is 10.3 Å². The summed E-state index contributed by atoms with van der Waals surface area (Å²) in [6.45, 7) is 2.63. The molecular formula is C13H15N3O2. The number of para-hydroxylation sites is 1.